The van der Waals surface area contributed by atoms with Crippen LogP contribution in [0.5, 0.6) is 0 Å². The summed E-state index contributed by atoms with van der Waals surface area (Å²) in [5.41, 5.74) is 0. The first-order valence-corrected chi connectivity index (χ1v) is 4.81. The Morgan fingerprint density at radius 1 is 1.31 bits per heavy atom. The normalized spacial score (nSPS) is 32.8. The number of hydrogen-bond donors (Lipinski definition) is 1. The van der Waals surface area contributed by atoms with Gasteiger partial charge in [-0.2, -0.15) is 0 Å². The smallest absolute Gasteiger partial charge is 0.234 e. The number of rotatable bonds is 2. The van der Waals surface area contributed by atoms with Crippen molar-refractivity contribution >= 4 is 11.8 Å². The van der Waals surface area contributed by atoms with Crippen molar-refractivity contribution in [2.24, 2.45) is 11.8 Å². The van der Waals surface area contributed by atoms with Crippen LogP contribution in [0, 0.1) is 11.8 Å². The van der Waals surface area contributed by atoms with Crippen LogP contribution in [0.25, 0.3) is 0 Å². The Labute approximate surface area is 77.3 Å². The summed E-state index contributed by atoms with van der Waals surface area (Å²) in [5.74, 6) is -0.0817. The summed E-state index contributed by atoms with van der Waals surface area (Å²) in [5, 5.41) is 3.08. The second-order valence-electron chi connectivity index (χ2n) is 3.70. The molecule has 0 aliphatic carbocycles. The van der Waals surface area contributed by atoms with Crippen LogP contribution in [-0.4, -0.2) is 36.3 Å². The first-order chi connectivity index (χ1) is 6.25. The van der Waals surface area contributed by atoms with Crippen molar-refractivity contribution in [3.05, 3.63) is 0 Å². The first kappa shape index (κ1) is 8.69. The van der Waals surface area contributed by atoms with Crippen LogP contribution >= 0.6 is 0 Å². The summed E-state index contributed by atoms with van der Waals surface area (Å²) in [6, 6.07) is 0. The third kappa shape index (κ3) is 1.16. The summed E-state index contributed by atoms with van der Waals surface area (Å²) in [4.78, 5) is 24.7. The van der Waals surface area contributed by atoms with E-state index in [-0.39, 0.29) is 23.7 Å². The monoisotopic (exact) mass is 182 g/mol. The van der Waals surface area contributed by atoms with E-state index in [9.17, 15) is 9.59 Å². The van der Waals surface area contributed by atoms with E-state index in [4.69, 9.17) is 0 Å². The highest BCUT2D eigenvalue weighted by Crippen LogP contribution is 2.28. The lowest BCUT2D eigenvalue weighted by Crippen LogP contribution is -2.35. The molecule has 1 N–H and O–H groups in total. The Morgan fingerprint density at radius 2 is 1.85 bits per heavy atom. The van der Waals surface area contributed by atoms with E-state index in [0.29, 0.717) is 19.6 Å². The molecule has 2 amide bonds. The fourth-order valence-electron chi connectivity index (χ4n) is 2.15. The fourth-order valence-corrected chi connectivity index (χ4v) is 2.15. The third-order valence-corrected chi connectivity index (χ3v) is 2.83. The van der Waals surface area contributed by atoms with Crippen molar-refractivity contribution in [3.8, 4) is 0 Å². The van der Waals surface area contributed by atoms with E-state index in [1.165, 1.54) is 4.90 Å². The molecular formula is C9H14N2O2. The maximum Gasteiger partial charge on any atom is 0.234 e. The topological polar surface area (TPSA) is 49.4 Å². The van der Waals surface area contributed by atoms with E-state index in [0.717, 1.165) is 6.42 Å². The highest BCUT2D eigenvalue weighted by molar-refractivity contribution is 6.05. The highest BCUT2D eigenvalue weighted by atomic mass is 16.2. The van der Waals surface area contributed by atoms with Gasteiger partial charge < -0.3 is 5.32 Å². The number of nitrogens with one attached hydrogen (secondary N) is 1. The number of nitrogens with zero attached hydrogens (tertiary/aromatic N) is 1. The summed E-state index contributed by atoms with van der Waals surface area (Å²) in [6.45, 7) is 3.92. The lowest BCUT2D eigenvalue weighted by atomic mass is 10.00. The molecule has 0 aromatic carbocycles. The van der Waals surface area contributed by atoms with Gasteiger partial charge in [0, 0.05) is 19.6 Å². The van der Waals surface area contributed by atoms with Gasteiger partial charge in [-0.05, 0) is 6.42 Å². The zero-order valence-corrected chi connectivity index (χ0v) is 7.75. The predicted octanol–water partition coefficient (Wildman–Crippen LogP) is -0.399. The number of fused-ring (bicyclic) bond motifs is 1. The zero-order chi connectivity index (χ0) is 9.42. The van der Waals surface area contributed by atoms with Gasteiger partial charge in [0.2, 0.25) is 11.8 Å². The lowest BCUT2D eigenvalue weighted by Gasteiger charge is -2.14. The summed E-state index contributed by atoms with van der Waals surface area (Å²) >= 11 is 0. The molecule has 4 heteroatoms. The second-order valence-corrected chi connectivity index (χ2v) is 3.70. The van der Waals surface area contributed by atoms with Crippen LogP contribution in [-0.2, 0) is 9.59 Å². The Hall–Kier alpha value is -0.900. The van der Waals surface area contributed by atoms with E-state index >= 15 is 0 Å². The van der Waals surface area contributed by atoms with E-state index in [1.54, 1.807) is 0 Å². The van der Waals surface area contributed by atoms with Gasteiger partial charge in [-0.15, -0.1) is 0 Å². The highest BCUT2D eigenvalue weighted by Gasteiger charge is 2.49. The predicted molar refractivity (Wildman–Crippen MR) is 46.9 cm³/mol. The van der Waals surface area contributed by atoms with Gasteiger partial charge in [-0.25, -0.2) is 0 Å². The molecule has 72 valence electrons. The van der Waals surface area contributed by atoms with Crippen molar-refractivity contribution in [1.29, 1.82) is 0 Å². The standard InChI is InChI=1S/C9H14N2O2/c1-2-3-11-8(12)6-4-10-5-7(6)9(11)13/h6-7,10H,2-5H2,1H3. The van der Waals surface area contributed by atoms with Crippen molar-refractivity contribution in [2.75, 3.05) is 19.6 Å². The van der Waals surface area contributed by atoms with Crippen LogP contribution in [0.15, 0.2) is 0 Å². The minimum Gasteiger partial charge on any atom is -0.315 e. The lowest BCUT2D eigenvalue weighted by molar-refractivity contribution is -0.140. The second kappa shape index (κ2) is 3.10. The minimum absolute atomic E-state index is 0.0295. The molecule has 13 heavy (non-hydrogen) atoms. The number of hydrogen-bond acceptors (Lipinski definition) is 3. The van der Waals surface area contributed by atoms with Crippen LogP contribution in [0.3, 0.4) is 0 Å². The molecule has 2 aliphatic rings. The van der Waals surface area contributed by atoms with Crippen LogP contribution in [0.4, 0.5) is 0 Å². The molecule has 2 fully saturated rings. The van der Waals surface area contributed by atoms with E-state index in [1.807, 2.05) is 6.92 Å². The maximum absolute atomic E-state index is 11.7. The average Bonchev–Trinajstić information content (AvgIpc) is 2.66. The molecule has 2 aliphatic heterocycles. The molecule has 0 aromatic rings. The molecule has 2 unspecified atom stereocenters. The first-order valence-electron chi connectivity index (χ1n) is 4.81. The van der Waals surface area contributed by atoms with E-state index < -0.39 is 0 Å². The van der Waals surface area contributed by atoms with Gasteiger partial charge in [-0.3, -0.25) is 14.5 Å². The molecule has 0 saturated carbocycles. The molecule has 0 radical (unpaired) electrons. The molecular weight excluding hydrogens is 168 g/mol. The van der Waals surface area contributed by atoms with Gasteiger partial charge in [0.1, 0.15) is 0 Å². The molecule has 2 rings (SSSR count). The van der Waals surface area contributed by atoms with Gasteiger partial charge >= 0.3 is 0 Å². The molecule has 0 bridgehead atoms. The largest absolute Gasteiger partial charge is 0.315 e. The number of carbonyl (C=O) groups excluding carboxylic acids is 2. The van der Waals surface area contributed by atoms with Gasteiger partial charge in [0.05, 0.1) is 11.8 Å². The number of amides is 2. The van der Waals surface area contributed by atoms with E-state index in [2.05, 4.69) is 5.32 Å². The van der Waals surface area contributed by atoms with Crippen molar-refractivity contribution in [1.82, 2.24) is 10.2 Å². The Bertz CT molecular complexity index is 230. The number of carbonyl (C=O) groups is 2. The van der Waals surface area contributed by atoms with Gasteiger partial charge in [0.25, 0.3) is 0 Å². The van der Waals surface area contributed by atoms with Crippen molar-refractivity contribution in [3.63, 3.8) is 0 Å². The summed E-state index contributed by atoms with van der Waals surface area (Å²) < 4.78 is 0. The quantitative estimate of drug-likeness (QED) is 0.591. The number of likely N-dealkylation sites (tertiary alicyclic amines) is 1. The molecule has 2 heterocycles. The number of imide groups is 1. The zero-order valence-electron chi connectivity index (χ0n) is 7.75. The molecule has 0 aromatic heterocycles. The van der Waals surface area contributed by atoms with Crippen molar-refractivity contribution < 1.29 is 9.59 Å². The van der Waals surface area contributed by atoms with Gasteiger partial charge in [-0.1, -0.05) is 6.92 Å². The third-order valence-electron chi connectivity index (χ3n) is 2.83. The van der Waals surface area contributed by atoms with Crippen LogP contribution in [0.1, 0.15) is 13.3 Å². The summed E-state index contributed by atoms with van der Waals surface area (Å²) in [6.07, 6.45) is 0.852. The maximum atomic E-state index is 11.7. The van der Waals surface area contributed by atoms with Gasteiger partial charge in [0.15, 0.2) is 0 Å². The average molecular weight is 182 g/mol. The summed E-state index contributed by atoms with van der Waals surface area (Å²) in [7, 11) is 0. The minimum atomic E-state index is -0.0703. The molecule has 2 saturated heterocycles. The fraction of sp³-hybridized carbons (Fsp3) is 0.778. The molecule has 0 spiro atoms. The molecule has 2 atom stereocenters. The Balaban J connectivity index is 2.16. The van der Waals surface area contributed by atoms with Crippen LogP contribution in [0.2, 0.25) is 0 Å². The molecule has 4 nitrogen and oxygen atoms in total. The SMILES string of the molecule is CCCN1C(=O)C2CNCC2C1=O. The van der Waals surface area contributed by atoms with Crippen molar-refractivity contribution in [2.45, 2.75) is 13.3 Å². The Morgan fingerprint density at radius 3 is 2.31 bits per heavy atom. The van der Waals surface area contributed by atoms with Crippen LogP contribution < -0.4 is 5.32 Å². The Kier molecular flexibility index (Phi) is 2.07.